The number of aromatic hydroxyl groups is 1. The van der Waals surface area contributed by atoms with Crippen LogP contribution in [0, 0.1) is 0 Å². The van der Waals surface area contributed by atoms with Crippen molar-refractivity contribution in [3.05, 3.63) is 88.1 Å². The summed E-state index contributed by atoms with van der Waals surface area (Å²) in [5.41, 5.74) is 1.89. The van der Waals surface area contributed by atoms with Gasteiger partial charge in [0.1, 0.15) is 17.4 Å². The Morgan fingerprint density at radius 2 is 1.88 bits per heavy atom. The average Bonchev–Trinajstić information content (AvgIpc) is 3.22. The van der Waals surface area contributed by atoms with Crippen LogP contribution in [-0.2, 0) is 6.42 Å². The number of pyridine rings is 1. The van der Waals surface area contributed by atoms with Gasteiger partial charge >= 0.3 is 0 Å². The fourth-order valence-corrected chi connectivity index (χ4v) is 3.63. The van der Waals surface area contributed by atoms with Crippen molar-refractivity contribution in [2.24, 2.45) is 4.99 Å². The van der Waals surface area contributed by atoms with E-state index in [1.165, 1.54) is 12.3 Å². The predicted molar refractivity (Wildman–Crippen MR) is 131 cm³/mol. The fourth-order valence-electron chi connectivity index (χ4n) is 3.52. The molecule has 0 radical (unpaired) electrons. The lowest BCUT2D eigenvalue weighted by Crippen LogP contribution is -2.23. The fraction of sp³-hybridized carbons (Fsp3) is 0.200. The van der Waals surface area contributed by atoms with Gasteiger partial charge < -0.3 is 15.3 Å². The number of carbonyl (C=O) groups is 2. The SMILES string of the molecule is C.CN1CCN=C1c1ccc(C(=O)Cc2c(O)cccc2C(=O)Nc2ccc(Cl)cn2)cc1. The van der Waals surface area contributed by atoms with Crippen LogP contribution in [0.15, 0.2) is 65.8 Å². The van der Waals surface area contributed by atoms with Crippen LogP contribution >= 0.6 is 11.6 Å². The summed E-state index contributed by atoms with van der Waals surface area (Å²) in [6.07, 6.45) is 1.30. The van der Waals surface area contributed by atoms with E-state index in [-0.39, 0.29) is 36.5 Å². The van der Waals surface area contributed by atoms with E-state index in [0.29, 0.717) is 16.4 Å². The summed E-state index contributed by atoms with van der Waals surface area (Å²) in [5.74, 6) is 0.415. The Bertz CT molecular complexity index is 1190. The van der Waals surface area contributed by atoms with Crippen molar-refractivity contribution in [3.63, 3.8) is 0 Å². The molecule has 8 heteroatoms. The van der Waals surface area contributed by atoms with E-state index in [0.717, 1.165) is 24.5 Å². The molecule has 1 amide bonds. The van der Waals surface area contributed by atoms with Gasteiger partial charge in [-0.1, -0.05) is 49.4 Å². The van der Waals surface area contributed by atoms with Gasteiger partial charge in [0.05, 0.1) is 11.6 Å². The van der Waals surface area contributed by atoms with Crippen molar-refractivity contribution in [2.45, 2.75) is 13.8 Å². The smallest absolute Gasteiger partial charge is 0.257 e. The van der Waals surface area contributed by atoms with Crippen LogP contribution in [0.5, 0.6) is 5.75 Å². The van der Waals surface area contributed by atoms with Gasteiger partial charge in [0.2, 0.25) is 0 Å². The van der Waals surface area contributed by atoms with Crippen molar-refractivity contribution in [1.82, 2.24) is 9.88 Å². The van der Waals surface area contributed by atoms with E-state index >= 15 is 0 Å². The van der Waals surface area contributed by atoms with E-state index in [1.54, 1.807) is 36.4 Å². The number of nitrogens with zero attached hydrogens (tertiary/aromatic N) is 3. The van der Waals surface area contributed by atoms with Crippen molar-refractivity contribution in [2.75, 3.05) is 25.5 Å². The summed E-state index contributed by atoms with van der Waals surface area (Å²) in [6.45, 7) is 1.63. The molecule has 3 aromatic rings. The van der Waals surface area contributed by atoms with Crippen LogP contribution in [0.3, 0.4) is 0 Å². The molecule has 7 nitrogen and oxygen atoms in total. The molecule has 0 aliphatic carbocycles. The molecule has 4 rings (SSSR count). The van der Waals surface area contributed by atoms with Gasteiger partial charge in [-0.3, -0.25) is 14.6 Å². The molecule has 1 aliphatic heterocycles. The Kier molecular flexibility index (Phi) is 7.45. The summed E-state index contributed by atoms with van der Waals surface area (Å²) in [6, 6.07) is 14.9. The maximum atomic E-state index is 12.9. The number of aromatic nitrogens is 1. The Morgan fingerprint density at radius 1 is 1.12 bits per heavy atom. The standard InChI is InChI=1S/C24H21ClN4O3.CH4/c1-29-12-11-26-23(29)16-7-5-15(6-8-16)21(31)13-19-18(3-2-4-20(19)30)24(32)28-22-10-9-17(25)14-27-22;/h2-10,14,30H,11-13H2,1H3,(H,27,28,32);1H4. The average molecular weight is 465 g/mol. The summed E-state index contributed by atoms with van der Waals surface area (Å²) in [7, 11) is 1.98. The quantitative estimate of drug-likeness (QED) is 0.525. The van der Waals surface area contributed by atoms with Gasteiger partial charge in [-0.2, -0.15) is 0 Å². The first kappa shape index (κ1) is 23.9. The summed E-state index contributed by atoms with van der Waals surface area (Å²) >= 11 is 5.83. The van der Waals surface area contributed by atoms with Gasteiger partial charge in [-0.25, -0.2) is 4.98 Å². The number of phenolic OH excluding ortho intramolecular Hbond substituents is 1. The van der Waals surface area contributed by atoms with Crippen molar-refractivity contribution < 1.29 is 14.7 Å². The van der Waals surface area contributed by atoms with Crippen LogP contribution in [0.4, 0.5) is 5.82 Å². The second-order valence-corrected chi connectivity index (χ2v) is 7.86. The number of benzene rings is 2. The number of nitrogens with one attached hydrogen (secondary N) is 1. The molecule has 170 valence electrons. The van der Waals surface area contributed by atoms with Crippen LogP contribution in [0.25, 0.3) is 0 Å². The molecular formula is C25H25ClN4O3. The molecule has 0 saturated heterocycles. The molecule has 0 saturated carbocycles. The molecular weight excluding hydrogens is 440 g/mol. The van der Waals surface area contributed by atoms with Gasteiger partial charge in [0.15, 0.2) is 5.78 Å². The molecule has 1 aliphatic rings. The lowest BCUT2D eigenvalue weighted by molar-refractivity contribution is 0.0991. The maximum Gasteiger partial charge on any atom is 0.257 e. The molecule has 2 heterocycles. The first-order valence-electron chi connectivity index (χ1n) is 10.1. The lowest BCUT2D eigenvalue weighted by Gasteiger charge is -2.14. The number of amides is 1. The highest BCUT2D eigenvalue weighted by Crippen LogP contribution is 2.24. The number of ketones is 1. The first-order valence-corrected chi connectivity index (χ1v) is 10.4. The van der Waals surface area contributed by atoms with Crippen LogP contribution < -0.4 is 5.32 Å². The Labute approximate surface area is 197 Å². The number of hydrogen-bond acceptors (Lipinski definition) is 6. The molecule has 0 fully saturated rings. The minimum absolute atomic E-state index is 0. The molecule has 2 aromatic carbocycles. The molecule has 33 heavy (non-hydrogen) atoms. The lowest BCUT2D eigenvalue weighted by atomic mass is 9.96. The predicted octanol–water partition coefficient (Wildman–Crippen LogP) is 4.45. The highest BCUT2D eigenvalue weighted by molar-refractivity contribution is 6.30. The van der Waals surface area contributed by atoms with Gasteiger partial charge in [0, 0.05) is 48.5 Å². The monoisotopic (exact) mass is 464 g/mol. The molecule has 1 aromatic heterocycles. The zero-order valence-electron chi connectivity index (χ0n) is 17.4. The number of likely N-dealkylation sites (N-methyl/N-ethyl adjacent to an activating group) is 1. The number of aliphatic imine (C=N–C) groups is 1. The number of Topliss-reactive ketones (excluding diaryl/α,β-unsaturated/α-hetero) is 1. The van der Waals surface area contributed by atoms with Crippen molar-refractivity contribution in [1.29, 1.82) is 0 Å². The number of amidine groups is 1. The number of phenols is 1. The summed E-state index contributed by atoms with van der Waals surface area (Å²) in [4.78, 5) is 36.3. The number of anilines is 1. The van der Waals surface area contributed by atoms with E-state index < -0.39 is 5.91 Å². The second-order valence-electron chi connectivity index (χ2n) is 7.42. The highest BCUT2D eigenvalue weighted by atomic mass is 35.5. The van der Waals surface area contributed by atoms with E-state index in [1.807, 2.05) is 19.2 Å². The Hall–Kier alpha value is -3.71. The van der Waals surface area contributed by atoms with Crippen LogP contribution in [0.1, 0.15) is 39.3 Å². The van der Waals surface area contributed by atoms with Crippen LogP contribution in [-0.4, -0.2) is 52.7 Å². The largest absolute Gasteiger partial charge is 0.508 e. The molecule has 0 spiro atoms. The summed E-state index contributed by atoms with van der Waals surface area (Å²) < 4.78 is 0. The minimum Gasteiger partial charge on any atom is -0.508 e. The second kappa shape index (κ2) is 10.3. The zero-order valence-corrected chi connectivity index (χ0v) is 18.1. The number of halogens is 1. The van der Waals surface area contributed by atoms with Crippen molar-refractivity contribution in [3.8, 4) is 5.75 Å². The maximum absolute atomic E-state index is 12.9. The third-order valence-electron chi connectivity index (χ3n) is 5.23. The number of rotatable bonds is 6. The molecule has 0 bridgehead atoms. The summed E-state index contributed by atoms with van der Waals surface area (Å²) in [5, 5.41) is 13.5. The van der Waals surface area contributed by atoms with E-state index in [4.69, 9.17) is 11.6 Å². The van der Waals surface area contributed by atoms with E-state index in [9.17, 15) is 14.7 Å². The van der Waals surface area contributed by atoms with Gasteiger partial charge in [-0.05, 0) is 24.3 Å². The van der Waals surface area contributed by atoms with E-state index in [2.05, 4.69) is 20.2 Å². The molecule has 0 unspecified atom stereocenters. The van der Waals surface area contributed by atoms with Gasteiger partial charge in [-0.15, -0.1) is 0 Å². The minimum atomic E-state index is -0.476. The van der Waals surface area contributed by atoms with Gasteiger partial charge in [0.25, 0.3) is 5.91 Å². The third kappa shape index (κ3) is 5.38. The highest BCUT2D eigenvalue weighted by Gasteiger charge is 2.20. The first-order chi connectivity index (χ1) is 15.4. The Balaban J connectivity index is 0.00000306. The zero-order chi connectivity index (χ0) is 22.7. The number of hydrogen-bond donors (Lipinski definition) is 2. The van der Waals surface area contributed by atoms with Crippen LogP contribution in [0.2, 0.25) is 5.02 Å². The Morgan fingerprint density at radius 3 is 2.52 bits per heavy atom. The molecule has 2 N–H and O–H groups in total. The number of carbonyl (C=O) groups excluding carboxylic acids is 2. The third-order valence-corrected chi connectivity index (χ3v) is 5.45. The topological polar surface area (TPSA) is 94.9 Å². The normalized spacial score (nSPS) is 12.7. The molecule has 0 atom stereocenters. The van der Waals surface area contributed by atoms with Crippen molar-refractivity contribution >= 4 is 34.9 Å².